The highest BCUT2D eigenvalue weighted by Crippen LogP contribution is 2.31. The molecule has 1 aliphatic rings. The topological polar surface area (TPSA) is 103 Å². The van der Waals surface area contributed by atoms with Gasteiger partial charge in [-0.15, -0.1) is 5.10 Å². The average molecular weight is 510 g/mol. The van der Waals surface area contributed by atoms with E-state index in [4.69, 9.17) is 30.4 Å². The Balaban J connectivity index is 0.000000588. The molecule has 3 aromatic rings. The van der Waals surface area contributed by atoms with Gasteiger partial charge >= 0.3 is 0 Å². The van der Waals surface area contributed by atoms with Gasteiger partial charge in [0.1, 0.15) is 12.4 Å². The second-order valence-corrected chi connectivity index (χ2v) is 9.44. The Kier molecular flexibility index (Phi) is 9.31. The van der Waals surface area contributed by atoms with Crippen LogP contribution in [0.1, 0.15) is 0 Å². The van der Waals surface area contributed by atoms with Gasteiger partial charge in [0.2, 0.25) is 5.88 Å². The van der Waals surface area contributed by atoms with Gasteiger partial charge < -0.3 is 14.2 Å². The van der Waals surface area contributed by atoms with Crippen LogP contribution in [0.4, 0.5) is 0 Å². The number of ether oxygens (including phenoxy) is 3. The smallest absolute Gasteiger partial charge is 0.261 e. The van der Waals surface area contributed by atoms with Crippen molar-refractivity contribution in [3.8, 4) is 28.4 Å². The van der Waals surface area contributed by atoms with Crippen molar-refractivity contribution in [2.24, 2.45) is 0 Å². The number of aromatic nitrogens is 2. The third kappa shape index (κ3) is 8.30. The molecule has 184 valence electrons. The first-order valence-corrected chi connectivity index (χ1v) is 12.8. The Morgan fingerprint density at radius 1 is 1.09 bits per heavy atom. The van der Waals surface area contributed by atoms with Crippen molar-refractivity contribution in [1.82, 2.24) is 14.7 Å². The summed E-state index contributed by atoms with van der Waals surface area (Å²) >= 11 is 6.02. The molecule has 4 rings (SSSR count). The van der Waals surface area contributed by atoms with Crippen molar-refractivity contribution in [2.75, 3.05) is 52.8 Å². The summed E-state index contributed by atoms with van der Waals surface area (Å²) in [6, 6.07) is 15.5. The minimum absolute atomic E-state index is 0.570. The van der Waals surface area contributed by atoms with Crippen LogP contribution >= 0.6 is 11.6 Å². The van der Waals surface area contributed by atoms with E-state index in [0.29, 0.717) is 23.8 Å². The van der Waals surface area contributed by atoms with E-state index in [1.165, 1.54) is 0 Å². The first kappa shape index (κ1) is 26.0. The van der Waals surface area contributed by atoms with Crippen molar-refractivity contribution in [3.63, 3.8) is 0 Å². The van der Waals surface area contributed by atoms with Crippen LogP contribution in [0.3, 0.4) is 0 Å². The van der Waals surface area contributed by atoms with Crippen molar-refractivity contribution in [2.45, 2.75) is 0 Å². The van der Waals surface area contributed by atoms with E-state index in [9.17, 15) is 8.42 Å². The molecule has 0 atom stereocenters. The molecule has 0 spiro atoms. The molecule has 0 aliphatic carbocycles. The minimum atomic E-state index is -3.67. The molecule has 1 aliphatic heterocycles. The molecule has 2 aromatic carbocycles. The van der Waals surface area contributed by atoms with Crippen molar-refractivity contribution in [3.05, 3.63) is 59.8 Å². The monoisotopic (exact) mass is 509 g/mol. The van der Waals surface area contributed by atoms with Gasteiger partial charge in [0, 0.05) is 30.9 Å². The second kappa shape index (κ2) is 12.2. The summed E-state index contributed by atoms with van der Waals surface area (Å²) < 4.78 is 44.5. The fourth-order valence-electron chi connectivity index (χ4n) is 3.26. The SMILES string of the molecule is COc1ccc(-c2cn(-c3ccc(Cl)cc3)nc2OCCN2CCOCC2)cc1.CS(=O)(=O)O. The summed E-state index contributed by atoms with van der Waals surface area (Å²) in [7, 11) is -2.01. The fourth-order valence-corrected chi connectivity index (χ4v) is 3.38. The van der Waals surface area contributed by atoms with Gasteiger partial charge in [-0.05, 0) is 42.0 Å². The molecule has 0 radical (unpaired) electrons. The van der Waals surface area contributed by atoms with E-state index in [2.05, 4.69) is 10.00 Å². The highest BCUT2D eigenvalue weighted by atomic mass is 35.5. The van der Waals surface area contributed by atoms with Crippen LogP contribution < -0.4 is 9.47 Å². The second-order valence-electron chi connectivity index (χ2n) is 7.53. The van der Waals surface area contributed by atoms with E-state index in [0.717, 1.165) is 55.4 Å². The van der Waals surface area contributed by atoms with E-state index in [1.807, 2.05) is 59.4 Å². The van der Waals surface area contributed by atoms with Crippen LogP contribution in [0.2, 0.25) is 5.02 Å². The predicted molar refractivity (Wildman–Crippen MR) is 131 cm³/mol. The van der Waals surface area contributed by atoms with Crippen molar-refractivity contribution >= 4 is 21.7 Å². The lowest BCUT2D eigenvalue weighted by atomic mass is 10.1. The van der Waals surface area contributed by atoms with Gasteiger partial charge in [0.15, 0.2) is 0 Å². The quantitative estimate of drug-likeness (QED) is 0.483. The summed E-state index contributed by atoms with van der Waals surface area (Å²) in [6.07, 6.45) is 2.70. The van der Waals surface area contributed by atoms with E-state index in [-0.39, 0.29) is 0 Å². The molecule has 1 N–H and O–H groups in total. The number of hydrogen-bond acceptors (Lipinski definition) is 7. The van der Waals surface area contributed by atoms with Crippen LogP contribution in [0.25, 0.3) is 16.8 Å². The molecule has 2 heterocycles. The van der Waals surface area contributed by atoms with Crippen LogP contribution in [-0.2, 0) is 14.9 Å². The number of benzene rings is 2. The lowest BCUT2D eigenvalue weighted by Crippen LogP contribution is -2.38. The molecule has 0 bridgehead atoms. The molecule has 9 nitrogen and oxygen atoms in total. The Morgan fingerprint density at radius 3 is 2.29 bits per heavy atom. The minimum Gasteiger partial charge on any atom is -0.497 e. The molecular weight excluding hydrogens is 482 g/mol. The third-order valence-corrected chi connectivity index (χ3v) is 5.17. The Hall–Kier alpha value is -2.63. The van der Waals surface area contributed by atoms with Crippen LogP contribution in [0, 0.1) is 0 Å². The Morgan fingerprint density at radius 2 is 1.71 bits per heavy atom. The van der Waals surface area contributed by atoms with E-state index >= 15 is 0 Å². The van der Waals surface area contributed by atoms with Gasteiger partial charge in [-0.2, -0.15) is 8.42 Å². The highest BCUT2D eigenvalue weighted by Gasteiger charge is 2.15. The van der Waals surface area contributed by atoms with Crippen molar-refractivity contribution in [1.29, 1.82) is 0 Å². The fraction of sp³-hybridized carbons (Fsp3) is 0.348. The number of morpholine rings is 1. The zero-order chi connectivity index (χ0) is 24.6. The molecule has 1 saturated heterocycles. The number of nitrogens with zero attached hydrogens (tertiary/aromatic N) is 3. The lowest BCUT2D eigenvalue weighted by molar-refractivity contribution is 0.0320. The maximum Gasteiger partial charge on any atom is 0.261 e. The van der Waals surface area contributed by atoms with Crippen LogP contribution in [-0.4, -0.2) is 80.5 Å². The van der Waals surface area contributed by atoms with Crippen LogP contribution in [0.15, 0.2) is 54.7 Å². The molecule has 0 saturated carbocycles. The molecular formula is C23H28ClN3O6S. The van der Waals surface area contributed by atoms with E-state index < -0.39 is 10.1 Å². The summed E-state index contributed by atoms with van der Waals surface area (Å²) in [6.45, 7) is 4.85. The highest BCUT2D eigenvalue weighted by molar-refractivity contribution is 7.85. The average Bonchev–Trinajstić information content (AvgIpc) is 3.23. The summed E-state index contributed by atoms with van der Waals surface area (Å²) in [5.41, 5.74) is 2.88. The molecule has 1 aromatic heterocycles. The van der Waals surface area contributed by atoms with Gasteiger partial charge in [-0.1, -0.05) is 23.7 Å². The van der Waals surface area contributed by atoms with Crippen molar-refractivity contribution < 1.29 is 27.2 Å². The largest absolute Gasteiger partial charge is 0.497 e. The molecule has 0 unspecified atom stereocenters. The maximum absolute atomic E-state index is 9.19. The zero-order valence-corrected chi connectivity index (χ0v) is 20.6. The third-order valence-electron chi connectivity index (χ3n) is 4.92. The van der Waals surface area contributed by atoms with Gasteiger partial charge in [-0.3, -0.25) is 9.45 Å². The first-order chi connectivity index (χ1) is 16.2. The standard InChI is InChI=1S/C22H24ClN3O3.CH4O3S/c1-27-20-8-2-17(3-9-20)21-16-26(19-6-4-18(23)5-7-19)24-22(21)29-15-12-25-10-13-28-14-11-25;1-5(2,3)4/h2-9,16H,10-15H2,1H3;1H3,(H,2,3,4). The predicted octanol–water partition coefficient (Wildman–Crippen LogP) is 3.42. The molecule has 34 heavy (non-hydrogen) atoms. The number of methoxy groups -OCH3 is 1. The number of halogens is 1. The number of hydrogen-bond donors (Lipinski definition) is 1. The van der Waals surface area contributed by atoms with Gasteiger partial charge in [0.05, 0.1) is 37.8 Å². The molecule has 0 amide bonds. The Labute approximate surface area is 204 Å². The normalized spacial score (nSPS) is 14.2. The van der Waals surface area contributed by atoms with Crippen LogP contribution in [0.5, 0.6) is 11.6 Å². The van der Waals surface area contributed by atoms with E-state index in [1.54, 1.807) is 7.11 Å². The maximum atomic E-state index is 9.19. The molecule has 1 fully saturated rings. The summed E-state index contributed by atoms with van der Waals surface area (Å²) in [5.74, 6) is 1.42. The molecule has 11 heteroatoms. The lowest BCUT2D eigenvalue weighted by Gasteiger charge is -2.26. The number of rotatable bonds is 7. The summed E-state index contributed by atoms with van der Waals surface area (Å²) in [4.78, 5) is 2.34. The summed E-state index contributed by atoms with van der Waals surface area (Å²) in [5, 5.41) is 5.38. The first-order valence-electron chi connectivity index (χ1n) is 10.6. The zero-order valence-electron chi connectivity index (χ0n) is 19.1. The Bertz CT molecular complexity index is 1140. The van der Waals surface area contributed by atoms with Gasteiger partial charge in [-0.25, -0.2) is 4.68 Å². The van der Waals surface area contributed by atoms with Gasteiger partial charge in [0.25, 0.3) is 10.1 Å².